The number of carboxylic acid groups (broad SMARTS) is 1. The Morgan fingerprint density at radius 2 is 2.11 bits per heavy atom. The first-order valence-electron chi connectivity index (χ1n) is 5.81. The summed E-state index contributed by atoms with van der Waals surface area (Å²) in [5, 5.41) is 9.14. The molecule has 1 aliphatic heterocycles. The molecule has 5 heteroatoms. The maximum absolute atomic E-state index is 11.1. The molecule has 1 aliphatic rings. The van der Waals surface area contributed by atoms with Crippen molar-refractivity contribution in [2.75, 3.05) is 13.7 Å². The van der Waals surface area contributed by atoms with Crippen LogP contribution in [0.5, 0.6) is 5.75 Å². The van der Waals surface area contributed by atoms with Crippen molar-refractivity contribution in [3.8, 4) is 5.75 Å². The van der Waals surface area contributed by atoms with Gasteiger partial charge in [-0.1, -0.05) is 12.2 Å². The first-order chi connectivity index (χ1) is 8.63. The Morgan fingerprint density at radius 3 is 2.67 bits per heavy atom. The molecule has 96 valence electrons. The van der Waals surface area contributed by atoms with E-state index >= 15 is 0 Å². The summed E-state index contributed by atoms with van der Waals surface area (Å²) < 4.78 is 5.08. The van der Waals surface area contributed by atoms with E-state index in [0.29, 0.717) is 18.0 Å². The van der Waals surface area contributed by atoms with Crippen molar-refractivity contribution in [2.45, 2.75) is 18.9 Å². The van der Waals surface area contributed by atoms with Crippen LogP contribution in [-0.4, -0.2) is 40.7 Å². The van der Waals surface area contributed by atoms with Crippen LogP contribution in [0.3, 0.4) is 0 Å². The van der Waals surface area contributed by atoms with Crippen LogP contribution >= 0.6 is 12.2 Å². The van der Waals surface area contributed by atoms with E-state index < -0.39 is 12.0 Å². The minimum absolute atomic E-state index is 0.486. The van der Waals surface area contributed by atoms with Crippen molar-refractivity contribution in [1.29, 1.82) is 0 Å². The average molecular weight is 265 g/mol. The molecule has 0 bridgehead atoms. The number of thiocarbonyl (C=S) groups is 1. The van der Waals surface area contributed by atoms with E-state index in [1.807, 2.05) is 24.3 Å². The van der Waals surface area contributed by atoms with Crippen molar-refractivity contribution in [3.63, 3.8) is 0 Å². The lowest BCUT2D eigenvalue weighted by molar-refractivity contribution is -0.140. The molecule has 0 radical (unpaired) electrons. The second kappa shape index (κ2) is 5.35. The predicted molar refractivity (Wildman–Crippen MR) is 72.1 cm³/mol. The van der Waals surface area contributed by atoms with Gasteiger partial charge in [0.2, 0.25) is 0 Å². The quantitative estimate of drug-likeness (QED) is 0.846. The van der Waals surface area contributed by atoms with Gasteiger partial charge >= 0.3 is 5.97 Å². The molecule has 4 nitrogen and oxygen atoms in total. The van der Waals surface area contributed by atoms with Gasteiger partial charge in [0.1, 0.15) is 16.8 Å². The molecule has 1 aromatic carbocycles. The van der Waals surface area contributed by atoms with Gasteiger partial charge in [-0.15, -0.1) is 0 Å². The first-order valence-corrected chi connectivity index (χ1v) is 6.22. The van der Waals surface area contributed by atoms with Crippen LogP contribution in [0.4, 0.5) is 0 Å². The van der Waals surface area contributed by atoms with Gasteiger partial charge in [-0.25, -0.2) is 4.79 Å². The zero-order chi connectivity index (χ0) is 13.1. The normalized spacial score (nSPS) is 18.7. The third-order valence-electron chi connectivity index (χ3n) is 3.14. The summed E-state index contributed by atoms with van der Waals surface area (Å²) in [4.78, 5) is 13.5. The van der Waals surface area contributed by atoms with Gasteiger partial charge in [-0.05, 0) is 37.1 Å². The second-order valence-electron chi connectivity index (χ2n) is 4.22. The maximum Gasteiger partial charge on any atom is 0.326 e. The van der Waals surface area contributed by atoms with Gasteiger partial charge < -0.3 is 14.7 Å². The highest BCUT2D eigenvalue weighted by Crippen LogP contribution is 2.22. The largest absolute Gasteiger partial charge is 0.497 e. The molecular formula is C13H15NO3S. The highest BCUT2D eigenvalue weighted by atomic mass is 32.1. The number of nitrogens with zero attached hydrogens (tertiary/aromatic N) is 1. The fraction of sp³-hybridized carbons (Fsp3) is 0.385. The number of aliphatic carboxylic acids is 1. The van der Waals surface area contributed by atoms with Crippen LogP contribution in [0.15, 0.2) is 24.3 Å². The summed E-state index contributed by atoms with van der Waals surface area (Å²) in [5.41, 5.74) is 0.860. The van der Waals surface area contributed by atoms with Crippen molar-refractivity contribution in [3.05, 3.63) is 29.8 Å². The molecule has 1 heterocycles. The minimum atomic E-state index is -0.802. The molecule has 0 spiro atoms. The molecule has 1 fully saturated rings. The van der Waals surface area contributed by atoms with Crippen molar-refractivity contribution >= 4 is 23.2 Å². The molecule has 0 amide bonds. The molecule has 1 saturated heterocycles. The Kier molecular flexibility index (Phi) is 3.81. The maximum atomic E-state index is 11.1. The standard InChI is InChI=1S/C13H15NO3S/c1-17-10-6-4-9(5-7-10)12(18)14-8-2-3-11(14)13(15)16/h4-7,11H,2-3,8H2,1H3,(H,15,16)/t11-/m0/s1. The summed E-state index contributed by atoms with van der Waals surface area (Å²) in [6, 6.07) is 6.89. The van der Waals surface area contributed by atoms with E-state index in [0.717, 1.165) is 17.7 Å². The lowest BCUT2D eigenvalue weighted by Crippen LogP contribution is -2.39. The summed E-state index contributed by atoms with van der Waals surface area (Å²) in [5.74, 6) is -0.0406. The molecule has 0 unspecified atom stereocenters. The number of ether oxygens (including phenoxy) is 1. The van der Waals surface area contributed by atoms with Crippen LogP contribution < -0.4 is 4.74 Å². The zero-order valence-electron chi connectivity index (χ0n) is 10.1. The van der Waals surface area contributed by atoms with Crippen molar-refractivity contribution < 1.29 is 14.6 Å². The van der Waals surface area contributed by atoms with Crippen molar-refractivity contribution in [1.82, 2.24) is 4.90 Å². The van der Waals surface area contributed by atoms with Crippen LogP contribution in [-0.2, 0) is 4.79 Å². The van der Waals surface area contributed by atoms with Crippen LogP contribution in [0, 0.1) is 0 Å². The van der Waals surface area contributed by atoms with E-state index in [9.17, 15) is 4.79 Å². The summed E-state index contributed by atoms with van der Waals surface area (Å²) in [6.07, 6.45) is 1.53. The number of carbonyl (C=O) groups is 1. The minimum Gasteiger partial charge on any atom is -0.497 e. The Labute approximate surface area is 111 Å². The Balaban J connectivity index is 2.17. The molecule has 1 aromatic rings. The van der Waals surface area contributed by atoms with Crippen LogP contribution in [0.2, 0.25) is 0 Å². The van der Waals surface area contributed by atoms with Gasteiger partial charge in [0.05, 0.1) is 7.11 Å². The number of likely N-dealkylation sites (tertiary alicyclic amines) is 1. The Morgan fingerprint density at radius 1 is 1.44 bits per heavy atom. The number of rotatable bonds is 3. The Bertz CT molecular complexity index is 458. The third-order valence-corrected chi connectivity index (χ3v) is 3.61. The predicted octanol–water partition coefficient (Wildman–Crippen LogP) is 1.92. The highest BCUT2D eigenvalue weighted by Gasteiger charge is 2.32. The number of benzene rings is 1. The lowest BCUT2D eigenvalue weighted by atomic mass is 10.1. The number of hydrogen-bond acceptors (Lipinski definition) is 3. The zero-order valence-corrected chi connectivity index (χ0v) is 10.9. The van der Waals surface area contributed by atoms with Gasteiger partial charge in [-0.2, -0.15) is 0 Å². The van der Waals surface area contributed by atoms with Gasteiger partial charge in [0.15, 0.2) is 0 Å². The molecule has 1 atom stereocenters. The molecule has 0 aliphatic carbocycles. The van der Waals surface area contributed by atoms with Crippen molar-refractivity contribution in [2.24, 2.45) is 0 Å². The molecule has 0 saturated carbocycles. The monoisotopic (exact) mass is 265 g/mol. The fourth-order valence-corrected chi connectivity index (χ4v) is 2.52. The van der Waals surface area contributed by atoms with E-state index in [1.165, 1.54) is 0 Å². The summed E-state index contributed by atoms with van der Waals surface area (Å²) in [7, 11) is 1.61. The second-order valence-corrected chi connectivity index (χ2v) is 4.61. The van der Waals surface area contributed by atoms with Gasteiger partial charge in [-0.3, -0.25) is 0 Å². The fourth-order valence-electron chi connectivity index (χ4n) is 2.17. The SMILES string of the molecule is COc1ccc(C(=S)N2CCC[C@H]2C(=O)O)cc1. The summed E-state index contributed by atoms with van der Waals surface area (Å²) in [6.45, 7) is 0.710. The van der Waals surface area contributed by atoms with Crippen LogP contribution in [0.25, 0.3) is 0 Å². The van der Waals surface area contributed by atoms with Gasteiger partial charge in [0, 0.05) is 12.1 Å². The van der Waals surface area contributed by atoms with E-state index in [4.69, 9.17) is 22.1 Å². The van der Waals surface area contributed by atoms with E-state index in [2.05, 4.69) is 0 Å². The summed E-state index contributed by atoms with van der Waals surface area (Å²) >= 11 is 5.38. The molecule has 18 heavy (non-hydrogen) atoms. The van der Waals surface area contributed by atoms with E-state index in [-0.39, 0.29) is 0 Å². The van der Waals surface area contributed by atoms with Crippen LogP contribution in [0.1, 0.15) is 18.4 Å². The Hall–Kier alpha value is -1.62. The number of carboxylic acids is 1. The highest BCUT2D eigenvalue weighted by molar-refractivity contribution is 7.80. The number of methoxy groups -OCH3 is 1. The smallest absolute Gasteiger partial charge is 0.326 e. The molecule has 2 rings (SSSR count). The number of hydrogen-bond donors (Lipinski definition) is 1. The molecule has 0 aromatic heterocycles. The first kappa shape index (κ1) is 12.8. The average Bonchev–Trinajstić information content (AvgIpc) is 2.87. The van der Waals surface area contributed by atoms with Gasteiger partial charge in [0.25, 0.3) is 0 Å². The topological polar surface area (TPSA) is 49.8 Å². The lowest BCUT2D eigenvalue weighted by Gasteiger charge is -2.24. The van der Waals surface area contributed by atoms with E-state index in [1.54, 1.807) is 12.0 Å². The third kappa shape index (κ3) is 2.46. The molecule has 1 N–H and O–H groups in total. The molecular weight excluding hydrogens is 250 g/mol.